The maximum Gasteiger partial charge on any atom is 0.344 e. The Morgan fingerprint density at radius 1 is 0.971 bits per heavy atom. The number of imidazole rings is 1. The van der Waals surface area contributed by atoms with Crippen molar-refractivity contribution in [1.82, 2.24) is 14.5 Å². The van der Waals surface area contributed by atoms with Gasteiger partial charge in [-0.2, -0.15) is 0 Å². The number of carbonyl (C=O) groups is 1. The molecule has 2 saturated heterocycles. The SMILES string of the molecule is O=C(O)CO/N=C/c1nc2ccccc2n1C1CC2CCCC(C1)N2C1CC2CCCC(C2)C1. The van der Waals surface area contributed by atoms with Crippen molar-refractivity contribution in [2.24, 2.45) is 17.0 Å². The summed E-state index contributed by atoms with van der Waals surface area (Å²) in [6, 6.07) is 10.7. The Bertz CT molecular complexity index is 1040. The van der Waals surface area contributed by atoms with Crippen LogP contribution < -0.4 is 0 Å². The summed E-state index contributed by atoms with van der Waals surface area (Å²) in [7, 11) is 0. The van der Waals surface area contributed by atoms with E-state index in [4.69, 9.17) is 14.9 Å². The average Bonchev–Trinajstić information content (AvgIpc) is 3.19. The molecule has 6 rings (SSSR count). The summed E-state index contributed by atoms with van der Waals surface area (Å²) in [5.74, 6) is 1.65. The molecular formula is C27H36N4O3. The predicted molar refractivity (Wildman–Crippen MR) is 131 cm³/mol. The first-order valence-corrected chi connectivity index (χ1v) is 13.3. The van der Waals surface area contributed by atoms with Gasteiger partial charge in [0.2, 0.25) is 6.61 Å². The molecule has 0 radical (unpaired) electrons. The van der Waals surface area contributed by atoms with Crippen molar-refractivity contribution in [3.8, 4) is 0 Å². The maximum atomic E-state index is 10.8. The van der Waals surface area contributed by atoms with E-state index < -0.39 is 12.6 Å². The molecule has 1 N–H and O–H groups in total. The molecule has 182 valence electrons. The zero-order chi connectivity index (χ0) is 23.1. The predicted octanol–water partition coefficient (Wildman–Crippen LogP) is 5.00. The second-order valence-electron chi connectivity index (χ2n) is 11.1. The Labute approximate surface area is 201 Å². The minimum atomic E-state index is -1.03. The molecule has 34 heavy (non-hydrogen) atoms. The molecule has 2 aromatic rings. The van der Waals surface area contributed by atoms with E-state index in [2.05, 4.69) is 26.8 Å². The van der Waals surface area contributed by atoms with Gasteiger partial charge in [-0.3, -0.25) is 4.90 Å². The van der Waals surface area contributed by atoms with Crippen LogP contribution >= 0.6 is 0 Å². The van der Waals surface area contributed by atoms with Crippen LogP contribution in [0.3, 0.4) is 0 Å². The Morgan fingerprint density at radius 2 is 1.68 bits per heavy atom. The molecule has 2 aliphatic carbocycles. The highest BCUT2D eigenvalue weighted by atomic mass is 16.6. The fraction of sp³-hybridized carbons (Fsp3) is 0.667. The molecule has 1 aromatic carbocycles. The van der Waals surface area contributed by atoms with E-state index in [1.54, 1.807) is 6.21 Å². The van der Waals surface area contributed by atoms with Crippen LogP contribution in [0.2, 0.25) is 0 Å². The number of carboxylic acid groups (broad SMARTS) is 1. The van der Waals surface area contributed by atoms with Crippen molar-refractivity contribution in [1.29, 1.82) is 0 Å². The molecule has 1 aromatic heterocycles. The minimum Gasteiger partial charge on any atom is -0.479 e. The van der Waals surface area contributed by atoms with Crippen LogP contribution in [0.4, 0.5) is 0 Å². The summed E-state index contributed by atoms with van der Waals surface area (Å²) in [6.45, 7) is -0.442. The summed E-state index contributed by atoms with van der Waals surface area (Å²) >= 11 is 0. The van der Waals surface area contributed by atoms with Crippen molar-refractivity contribution in [3.63, 3.8) is 0 Å². The molecule has 4 unspecified atom stereocenters. The number of fused-ring (bicyclic) bond motifs is 5. The van der Waals surface area contributed by atoms with Crippen molar-refractivity contribution < 1.29 is 14.7 Å². The molecule has 2 aliphatic heterocycles. The van der Waals surface area contributed by atoms with E-state index in [1.165, 1.54) is 57.8 Å². The van der Waals surface area contributed by atoms with Gasteiger partial charge in [-0.25, -0.2) is 9.78 Å². The fourth-order valence-corrected chi connectivity index (χ4v) is 7.85. The van der Waals surface area contributed by atoms with E-state index in [9.17, 15) is 4.79 Å². The molecule has 3 heterocycles. The number of hydrogen-bond acceptors (Lipinski definition) is 5. The number of piperidine rings is 2. The monoisotopic (exact) mass is 464 g/mol. The van der Waals surface area contributed by atoms with Gasteiger partial charge in [0.25, 0.3) is 0 Å². The number of para-hydroxylation sites is 2. The summed E-state index contributed by atoms with van der Waals surface area (Å²) in [5.41, 5.74) is 2.08. The number of rotatable bonds is 6. The van der Waals surface area contributed by atoms with Crippen LogP contribution in [0.15, 0.2) is 29.4 Å². The van der Waals surface area contributed by atoms with Gasteiger partial charge in [-0.1, -0.05) is 43.0 Å². The van der Waals surface area contributed by atoms with Crippen molar-refractivity contribution in [2.45, 2.75) is 94.8 Å². The third-order valence-corrected chi connectivity index (χ3v) is 8.95. The zero-order valence-electron chi connectivity index (χ0n) is 19.9. The van der Waals surface area contributed by atoms with Crippen LogP contribution in [0.5, 0.6) is 0 Å². The molecule has 7 nitrogen and oxygen atoms in total. The fourth-order valence-electron chi connectivity index (χ4n) is 7.85. The zero-order valence-corrected chi connectivity index (χ0v) is 19.9. The highest BCUT2D eigenvalue weighted by Crippen LogP contribution is 2.47. The highest BCUT2D eigenvalue weighted by Gasteiger charge is 2.45. The maximum absolute atomic E-state index is 10.8. The quantitative estimate of drug-likeness (QED) is 0.481. The summed E-state index contributed by atoms with van der Waals surface area (Å²) < 4.78 is 2.35. The first-order chi connectivity index (χ1) is 16.7. The molecule has 4 bridgehead atoms. The van der Waals surface area contributed by atoms with E-state index in [0.29, 0.717) is 18.1 Å². The largest absolute Gasteiger partial charge is 0.479 e. The number of aliphatic carboxylic acids is 1. The lowest BCUT2D eigenvalue weighted by Crippen LogP contribution is -2.58. The van der Waals surface area contributed by atoms with Crippen molar-refractivity contribution in [3.05, 3.63) is 30.1 Å². The lowest BCUT2D eigenvalue weighted by molar-refractivity contribution is -0.142. The summed E-state index contributed by atoms with van der Waals surface area (Å²) in [4.78, 5) is 23.5. The second-order valence-corrected chi connectivity index (χ2v) is 11.1. The molecule has 4 atom stereocenters. The molecule has 0 spiro atoms. The highest BCUT2D eigenvalue weighted by molar-refractivity contribution is 5.85. The smallest absolute Gasteiger partial charge is 0.344 e. The van der Waals surface area contributed by atoms with Gasteiger partial charge in [-0.05, 0) is 68.9 Å². The lowest BCUT2D eigenvalue weighted by Gasteiger charge is -2.55. The normalized spacial score (nSPS) is 33.9. The second kappa shape index (κ2) is 9.33. The topological polar surface area (TPSA) is 80.0 Å². The van der Waals surface area contributed by atoms with Gasteiger partial charge in [0, 0.05) is 24.2 Å². The molecule has 7 heteroatoms. The molecule has 0 amide bonds. The third kappa shape index (κ3) is 4.23. The van der Waals surface area contributed by atoms with Gasteiger partial charge in [0.05, 0.1) is 11.0 Å². The molecule has 2 saturated carbocycles. The molecule has 4 fully saturated rings. The third-order valence-electron chi connectivity index (χ3n) is 8.95. The van der Waals surface area contributed by atoms with Crippen molar-refractivity contribution in [2.75, 3.05) is 6.61 Å². The molecule has 4 aliphatic rings. The Kier molecular flexibility index (Phi) is 6.06. The van der Waals surface area contributed by atoms with Gasteiger partial charge < -0.3 is 14.5 Å². The number of carboxylic acids is 1. The summed E-state index contributed by atoms with van der Waals surface area (Å²) in [6.07, 6.45) is 16.5. The van der Waals surface area contributed by atoms with Crippen LogP contribution in [-0.4, -0.2) is 56.5 Å². The van der Waals surface area contributed by atoms with Crippen LogP contribution in [0.25, 0.3) is 11.0 Å². The lowest BCUT2D eigenvalue weighted by atomic mass is 9.68. The van der Waals surface area contributed by atoms with Crippen LogP contribution in [0.1, 0.15) is 82.5 Å². The van der Waals surface area contributed by atoms with E-state index in [0.717, 1.165) is 47.6 Å². The average molecular weight is 465 g/mol. The van der Waals surface area contributed by atoms with Gasteiger partial charge in [0.15, 0.2) is 5.82 Å². The first kappa shape index (κ1) is 22.1. The number of benzene rings is 1. The summed E-state index contributed by atoms with van der Waals surface area (Å²) in [5, 5.41) is 12.8. The Hall–Kier alpha value is -2.41. The van der Waals surface area contributed by atoms with Gasteiger partial charge in [0.1, 0.15) is 6.21 Å². The minimum absolute atomic E-state index is 0.378. The van der Waals surface area contributed by atoms with Crippen LogP contribution in [0, 0.1) is 11.8 Å². The van der Waals surface area contributed by atoms with Crippen LogP contribution in [-0.2, 0) is 9.63 Å². The Balaban J connectivity index is 1.26. The number of oxime groups is 1. The number of aromatic nitrogens is 2. The standard InChI is InChI=1S/C27H36N4O3/c32-27(33)17-34-28-16-26-29-24-9-1-2-10-25(24)31(26)23-14-20-7-4-8-21(15-23)30(20)22-12-18-5-3-6-19(11-18)13-22/h1-2,9-10,16,18-23H,3-8,11-15,17H2,(H,32,33)/b28-16+. The number of hydrogen-bond donors (Lipinski definition) is 1. The van der Waals surface area contributed by atoms with Gasteiger partial charge in [-0.15, -0.1) is 0 Å². The van der Waals surface area contributed by atoms with Crippen molar-refractivity contribution >= 4 is 23.2 Å². The van der Waals surface area contributed by atoms with E-state index in [-0.39, 0.29) is 0 Å². The Morgan fingerprint density at radius 3 is 2.41 bits per heavy atom. The van der Waals surface area contributed by atoms with E-state index in [1.807, 2.05) is 12.1 Å². The number of nitrogens with zero attached hydrogens (tertiary/aromatic N) is 4. The van der Waals surface area contributed by atoms with Gasteiger partial charge >= 0.3 is 5.97 Å². The molecular weight excluding hydrogens is 428 g/mol. The van der Waals surface area contributed by atoms with E-state index >= 15 is 0 Å². The first-order valence-electron chi connectivity index (χ1n) is 13.3.